The average Bonchev–Trinajstić information content (AvgIpc) is 3.28. The number of fused-ring (bicyclic) bond motifs is 1. The number of carbonyl (C=O) groups is 2. The van der Waals surface area contributed by atoms with E-state index in [0.717, 1.165) is 65.8 Å². The lowest BCUT2D eigenvalue weighted by molar-refractivity contribution is 0.0598. The molecule has 0 bridgehead atoms. The molecule has 2 aromatic heterocycles. The number of Topliss-reactive ketones (excluding diaryl/α,β-unsaturated/α-hetero) is 1. The van der Waals surface area contributed by atoms with Gasteiger partial charge in [-0.3, -0.25) is 14.6 Å². The van der Waals surface area contributed by atoms with Crippen molar-refractivity contribution in [1.82, 2.24) is 9.88 Å². The average molecular weight is 553 g/mol. The van der Waals surface area contributed by atoms with Crippen LogP contribution in [-0.2, 0) is 6.54 Å². The number of ketones is 1. The second-order valence-corrected chi connectivity index (χ2v) is 11.4. The quantitative estimate of drug-likeness (QED) is 0.226. The summed E-state index contributed by atoms with van der Waals surface area (Å²) in [5.74, 6) is -1.08. The van der Waals surface area contributed by atoms with Crippen molar-refractivity contribution >= 4 is 44.7 Å². The highest BCUT2D eigenvalue weighted by molar-refractivity contribution is 7.21. The number of thiophene rings is 1. The third kappa shape index (κ3) is 5.22. The molecule has 8 heteroatoms. The standard InChI is InChI=1S/C30H27ClF2N2O2S/c1-17-6-8-22(9-7-17)35(30(37)29-27(31)26-23(32)10-11-24(33)28(26)38-29)16-19-4-3-5-20(14-19)21-12-13-34-25(15-21)18(2)36/h3-5,10-15,17,22H,6-9,16H2,1-2H3. The molecule has 4 nitrogen and oxygen atoms in total. The van der Waals surface area contributed by atoms with Crippen LogP contribution in [0.4, 0.5) is 8.78 Å². The van der Waals surface area contributed by atoms with E-state index < -0.39 is 11.6 Å². The van der Waals surface area contributed by atoms with Crippen molar-refractivity contribution < 1.29 is 18.4 Å². The molecule has 0 spiro atoms. The normalized spacial score (nSPS) is 17.5. The topological polar surface area (TPSA) is 50.3 Å². The lowest BCUT2D eigenvalue weighted by atomic mass is 9.86. The van der Waals surface area contributed by atoms with E-state index in [1.807, 2.05) is 35.2 Å². The van der Waals surface area contributed by atoms with Gasteiger partial charge in [0.25, 0.3) is 5.91 Å². The molecule has 1 aliphatic carbocycles. The summed E-state index contributed by atoms with van der Waals surface area (Å²) in [7, 11) is 0. The molecule has 1 amide bonds. The van der Waals surface area contributed by atoms with Gasteiger partial charge in [0.15, 0.2) is 5.78 Å². The van der Waals surface area contributed by atoms with Gasteiger partial charge in [-0.25, -0.2) is 8.78 Å². The Morgan fingerprint density at radius 3 is 2.45 bits per heavy atom. The molecule has 196 valence electrons. The highest BCUT2D eigenvalue weighted by atomic mass is 35.5. The Hall–Kier alpha value is -3.16. The Bertz CT molecular complexity index is 1530. The van der Waals surface area contributed by atoms with Gasteiger partial charge in [0, 0.05) is 25.7 Å². The van der Waals surface area contributed by atoms with E-state index in [1.165, 1.54) is 6.92 Å². The molecule has 4 aromatic rings. The second-order valence-electron chi connectivity index (χ2n) is 10.0. The monoisotopic (exact) mass is 552 g/mol. The highest BCUT2D eigenvalue weighted by Gasteiger charge is 2.32. The summed E-state index contributed by atoms with van der Waals surface area (Å²) in [5, 5.41) is -0.0818. The first-order valence-corrected chi connectivity index (χ1v) is 13.9. The van der Waals surface area contributed by atoms with E-state index >= 15 is 0 Å². The number of rotatable bonds is 6. The first-order valence-electron chi connectivity index (χ1n) is 12.7. The third-order valence-electron chi connectivity index (χ3n) is 7.30. The number of benzene rings is 2. The summed E-state index contributed by atoms with van der Waals surface area (Å²) in [6.45, 7) is 4.02. The Morgan fingerprint density at radius 2 is 1.74 bits per heavy atom. The van der Waals surface area contributed by atoms with E-state index in [0.29, 0.717) is 18.2 Å². The first kappa shape index (κ1) is 26.4. The number of hydrogen-bond acceptors (Lipinski definition) is 4. The molecule has 0 radical (unpaired) electrons. The Kier molecular flexibility index (Phi) is 7.59. The number of carbonyl (C=O) groups excluding carboxylic acids is 2. The van der Waals surface area contributed by atoms with Crippen LogP contribution in [0, 0.1) is 17.6 Å². The molecule has 0 atom stereocenters. The zero-order chi connectivity index (χ0) is 27.0. The van der Waals surface area contributed by atoms with Gasteiger partial charge in [0.05, 0.1) is 15.1 Å². The molecule has 0 saturated heterocycles. The maximum atomic E-state index is 14.5. The van der Waals surface area contributed by atoms with Gasteiger partial charge in [-0.05, 0) is 78.6 Å². The summed E-state index contributed by atoms with van der Waals surface area (Å²) in [6, 6.07) is 13.5. The highest BCUT2D eigenvalue weighted by Crippen LogP contribution is 2.40. The molecule has 1 aliphatic rings. The maximum Gasteiger partial charge on any atom is 0.266 e. The fraction of sp³-hybridized carbons (Fsp3) is 0.300. The summed E-state index contributed by atoms with van der Waals surface area (Å²) < 4.78 is 29.1. The van der Waals surface area contributed by atoms with Crippen LogP contribution in [0.5, 0.6) is 0 Å². The van der Waals surface area contributed by atoms with E-state index in [2.05, 4.69) is 11.9 Å². The van der Waals surface area contributed by atoms with Crippen LogP contribution >= 0.6 is 22.9 Å². The molecule has 1 saturated carbocycles. The van der Waals surface area contributed by atoms with E-state index in [1.54, 1.807) is 12.3 Å². The van der Waals surface area contributed by atoms with Crippen LogP contribution in [0.1, 0.15) is 65.3 Å². The third-order valence-corrected chi connectivity index (χ3v) is 8.97. The first-order chi connectivity index (χ1) is 18.2. The van der Waals surface area contributed by atoms with Gasteiger partial charge in [-0.2, -0.15) is 0 Å². The van der Waals surface area contributed by atoms with Gasteiger partial charge in [0.1, 0.15) is 22.2 Å². The molecule has 5 rings (SSSR count). The van der Waals surface area contributed by atoms with Crippen molar-refractivity contribution in [2.45, 2.75) is 52.1 Å². The van der Waals surface area contributed by atoms with E-state index in [4.69, 9.17) is 11.6 Å². The number of nitrogens with zero attached hydrogens (tertiary/aromatic N) is 2. The maximum absolute atomic E-state index is 14.5. The number of hydrogen-bond donors (Lipinski definition) is 0. The van der Waals surface area contributed by atoms with Gasteiger partial charge in [-0.15, -0.1) is 11.3 Å². The molecule has 0 unspecified atom stereocenters. The minimum atomic E-state index is -0.644. The lowest BCUT2D eigenvalue weighted by Crippen LogP contribution is -2.41. The van der Waals surface area contributed by atoms with Crippen LogP contribution in [0.2, 0.25) is 5.02 Å². The molecule has 2 heterocycles. The van der Waals surface area contributed by atoms with Crippen LogP contribution in [0.15, 0.2) is 54.7 Å². The fourth-order valence-corrected chi connectivity index (χ4v) is 6.64. The summed E-state index contributed by atoms with van der Waals surface area (Å²) in [4.78, 5) is 31.9. The van der Waals surface area contributed by atoms with Crippen LogP contribution in [0.25, 0.3) is 21.2 Å². The molecular weight excluding hydrogens is 526 g/mol. The summed E-state index contributed by atoms with van der Waals surface area (Å²) in [6.07, 6.45) is 5.32. The van der Waals surface area contributed by atoms with Gasteiger partial charge in [0.2, 0.25) is 0 Å². The zero-order valence-electron chi connectivity index (χ0n) is 21.1. The SMILES string of the molecule is CC(=O)c1cc(-c2cccc(CN(C(=O)c3sc4c(F)ccc(F)c4c3Cl)C3CCC(C)CC3)c2)ccn1. The van der Waals surface area contributed by atoms with Crippen molar-refractivity contribution in [2.24, 2.45) is 5.92 Å². The van der Waals surface area contributed by atoms with Crippen LogP contribution < -0.4 is 0 Å². The number of aromatic nitrogens is 1. The minimum absolute atomic E-state index is 0.0106. The van der Waals surface area contributed by atoms with Gasteiger partial charge < -0.3 is 4.90 Å². The zero-order valence-corrected chi connectivity index (χ0v) is 22.7. The van der Waals surface area contributed by atoms with Crippen molar-refractivity contribution in [1.29, 1.82) is 0 Å². The minimum Gasteiger partial charge on any atom is -0.331 e. The summed E-state index contributed by atoms with van der Waals surface area (Å²) >= 11 is 7.41. The van der Waals surface area contributed by atoms with E-state index in [9.17, 15) is 18.4 Å². The van der Waals surface area contributed by atoms with Crippen molar-refractivity contribution in [3.05, 3.63) is 87.5 Å². The molecule has 2 aromatic carbocycles. The van der Waals surface area contributed by atoms with Crippen LogP contribution in [0.3, 0.4) is 0 Å². The Labute approximate surface area is 229 Å². The molecule has 1 fully saturated rings. The number of pyridine rings is 1. The molecule has 0 N–H and O–H groups in total. The fourth-order valence-electron chi connectivity index (χ4n) is 5.14. The Balaban J connectivity index is 1.51. The second kappa shape index (κ2) is 10.9. The molecule has 38 heavy (non-hydrogen) atoms. The largest absolute Gasteiger partial charge is 0.331 e. The van der Waals surface area contributed by atoms with Crippen molar-refractivity contribution in [3.63, 3.8) is 0 Å². The predicted octanol–water partition coefficient (Wildman–Crippen LogP) is 8.32. The number of amides is 1. The number of halogens is 3. The van der Waals surface area contributed by atoms with Crippen molar-refractivity contribution in [3.8, 4) is 11.1 Å². The lowest BCUT2D eigenvalue weighted by Gasteiger charge is -2.36. The smallest absolute Gasteiger partial charge is 0.266 e. The van der Waals surface area contributed by atoms with Gasteiger partial charge >= 0.3 is 0 Å². The molecular formula is C30H27ClF2N2O2S. The molecule has 0 aliphatic heterocycles. The van der Waals surface area contributed by atoms with Crippen LogP contribution in [-0.4, -0.2) is 27.6 Å². The van der Waals surface area contributed by atoms with Gasteiger partial charge in [-0.1, -0.05) is 36.7 Å². The van der Waals surface area contributed by atoms with E-state index in [-0.39, 0.29) is 37.7 Å². The Morgan fingerprint density at radius 1 is 1.03 bits per heavy atom. The van der Waals surface area contributed by atoms with Crippen molar-refractivity contribution in [2.75, 3.05) is 0 Å². The predicted molar refractivity (Wildman–Crippen MR) is 148 cm³/mol. The summed E-state index contributed by atoms with van der Waals surface area (Å²) in [5.41, 5.74) is 3.06.